The number of aryl methyl sites for hydroxylation is 1. The number of hydrogen-bond acceptors (Lipinski definition) is 4. The van der Waals surface area contributed by atoms with E-state index < -0.39 is 11.7 Å². The fourth-order valence-corrected chi connectivity index (χ4v) is 2.57. The minimum Gasteiger partial charge on any atom is -0.370 e. The van der Waals surface area contributed by atoms with Crippen LogP contribution in [0.2, 0.25) is 0 Å². The number of nitrogens with one attached hydrogen (secondary N) is 2. The Morgan fingerprint density at radius 1 is 0.926 bits per heavy atom. The highest BCUT2D eigenvalue weighted by Crippen LogP contribution is 2.30. The van der Waals surface area contributed by atoms with Crippen molar-refractivity contribution in [2.75, 3.05) is 17.2 Å². The zero-order valence-electron chi connectivity index (χ0n) is 14.7. The molecule has 0 fully saturated rings. The molecule has 4 nitrogen and oxygen atoms in total. The largest absolute Gasteiger partial charge is 0.416 e. The summed E-state index contributed by atoms with van der Waals surface area (Å²) in [6, 6.07) is 16.7. The topological polar surface area (TPSA) is 49.8 Å². The van der Waals surface area contributed by atoms with Crippen molar-refractivity contribution in [3.8, 4) is 0 Å². The van der Waals surface area contributed by atoms with Crippen molar-refractivity contribution >= 4 is 17.5 Å². The second kappa shape index (κ2) is 8.07. The minimum atomic E-state index is -4.35. The smallest absolute Gasteiger partial charge is 0.370 e. The fraction of sp³-hybridized carbons (Fsp3) is 0.200. The molecule has 0 aliphatic carbocycles. The van der Waals surface area contributed by atoms with E-state index >= 15 is 0 Å². The zero-order chi connectivity index (χ0) is 19.3. The molecule has 1 aromatic heterocycles. The van der Waals surface area contributed by atoms with Crippen LogP contribution in [0.4, 0.5) is 30.6 Å². The molecule has 0 unspecified atom stereocenters. The normalized spacial score (nSPS) is 11.3. The molecular formula is C20H19F3N4. The van der Waals surface area contributed by atoms with Gasteiger partial charge in [0.1, 0.15) is 5.82 Å². The number of benzene rings is 2. The van der Waals surface area contributed by atoms with Crippen molar-refractivity contribution in [3.05, 3.63) is 77.5 Å². The highest BCUT2D eigenvalue weighted by Gasteiger charge is 2.29. The van der Waals surface area contributed by atoms with E-state index in [1.54, 1.807) is 0 Å². The van der Waals surface area contributed by atoms with Gasteiger partial charge in [0.05, 0.1) is 5.56 Å². The Hall–Kier alpha value is -3.09. The Morgan fingerprint density at radius 3 is 2.30 bits per heavy atom. The van der Waals surface area contributed by atoms with Gasteiger partial charge in [-0.05, 0) is 43.2 Å². The van der Waals surface area contributed by atoms with Crippen LogP contribution in [0.25, 0.3) is 0 Å². The highest BCUT2D eigenvalue weighted by atomic mass is 19.4. The van der Waals surface area contributed by atoms with E-state index in [1.807, 2.05) is 31.2 Å². The van der Waals surface area contributed by atoms with Crippen LogP contribution in [-0.4, -0.2) is 16.5 Å². The van der Waals surface area contributed by atoms with Crippen LogP contribution in [-0.2, 0) is 12.6 Å². The van der Waals surface area contributed by atoms with Gasteiger partial charge in [-0.1, -0.05) is 30.3 Å². The van der Waals surface area contributed by atoms with Crippen LogP contribution in [0, 0.1) is 6.92 Å². The maximum absolute atomic E-state index is 12.6. The molecular weight excluding hydrogens is 353 g/mol. The molecule has 7 heteroatoms. The van der Waals surface area contributed by atoms with Gasteiger partial charge in [0.25, 0.3) is 0 Å². The van der Waals surface area contributed by atoms with Crippen molar-refractivity contribution in [1.82, 2.24) is 9.97 Å². The van der Waals surface area contributed by atoms with Gasteiger partial charge in [-0.25, -0.2) is 4.98 Å². The summed E-state index contributed by atoms with van der Waals surface area (Å²) in [4.78, 5) is 8.66. The number of aromatic nitrogens is 2. The number of halogens is 3. The van der Waals surface area contributed by atoms with Gasteiger partial charge in [0.2, 0.25) is 5.95 Å². The number of anilines is 3. The van der Waals surface area contributed by atoms with E-state index in [2.05, 4.69) is 32.7 Å². The molecule has 3 aromatic rings. The van der Waals surface area contributed by atoms with Gasteiger partial charge in [-0.15, -0.1) is 0 Å². The lowest BCUT2D eigenvalue weighted by Crippen LogP contribution is -2.09. The first-order chi connectivity index (χ1) is 12.9. The lowest BCUT2D eigenvalue weighted by molar-refractivity contribution is -0.137. The first-order valence-electron chi connectivity index (χ1n) is 8.48. The van der Waals surface area contributed by atoms with Crippen LogP contribution >= 0.6 is 0 Å². The van der Waals surface area contributed by atoms with Crippen molar-refractivity contribution in [1.29, 1.82) is 0 Å². The van der Waals surface area contributed by atoms with Crippen molar-refractivity contribution < 1.29 is 13.2 Å². The summed E-state index contributed by atoms with van der Waals surface area (Å²) in [6.07, 6.45) is -3.50. The molecule has 0 bridgehead atoms. The van der Waals surface area contributed by atoms with E-state index in [0.717, 1.165) is 24.2 Å². The van der Waals surface area contributed by atoms with E-state index in [9.17, 15) is 13.2 Å². The van der Waals surface area contributed by atoms with E-state index in [4.69, 9.17) is 0 Å². The van der Waals surface area contributed by atoms with Crippen LogP contribution in [0.3, 0.4) is 0 Å². The summed E-state index contributed by atoms with van der Waals surface area (Å²) in [5, 5.41) is 6.19. The summed E-state index contributed by atoms with van der Waals surface area (Å²) in [7, 11) is 0. The van der Waals surface area contributed by atoms with E-state index in [0.29, 0.717) is 24.0 Å². The van der Waals surface area contributed by atoms with Gasteiger partial charge >= 0.3 is 6.18 Å². The second-order valence-electron chi connectivity index (χ2n) is 6.08. The molecule has 1 heterocycles. The zero-order valence-corrected chi connectivity index (χ0v) is 14.7. The van der Waals surface area contributed by atoms with E-state index in [1.165, 1.54) is 17.7 Å². The van der Waals surface area contributed by atoms with E-state index in [-0.39, 0.29) is 0 Å². The number of nitrogens with zero attached hydrogens (tertiary/aromatic N) is 2. The van der Waals surface area contributed by atoms with Crippen LogP contribution in [0.5, 0.6) is 0 Å². The monoisotopic (exact) mass is 372 g/mol. The third-order valence-electron chi connectivity index (χ3n) is 3.89. The third kappa shape index (κ3) is 5.44. The standard InChI is InChI=1S/C20H19F3N4/c1-14-13-18(24-12-11-15-5-3-2-4-6-15)27-19(25-14)26-17-9-7-16(8-10-17)20(21,22)23/h2-10,13H,11-12H2,1H3,(H2,24,25,26,27). The predicted molar refractivity (Wildman–Crippen MR) is 100 cm³/mol. The molecule has 0 radical (unpaired) electrons. The summed E-state index contributed by atoms with van der Waals surface area (Å²) in [5.41, 5.74) is 1.77. The number of alkyl halides is 3. The molecule has 0 aliphatic rings. The molecule has 0 saturated carbocycles. The molecule has 27 heavy (non-hydrogen) atoms. The molecule has 0 atom stereocenters. The third-order valence-corrected chi connectivity index (χ3v) is 3.89. The Balaban J connectivity index is 1.64. The lowest BCUT2D eigenvalue weighted by atomic mass is 10.1. The van der Waals surface area contributed by atoms with Crippen LogP contribution in [0.15, 0.2) is 60.7 Å². The quantitative estimate of drug-likeness (QED) is 0.624. The molecule has 0 spiro atoms. The van der Waals surface area contributed by atoms with Gasteiger partial charge in [0, 0.05) is 24.0 Å². The van der Waals surface area contributed by atoms with Gasteiger partial charge in [0.15, 0.2) is 0 Å². The summed E-state index contributed by atoms with van der Waals surface area (Å²) in [5.74, 6) is 0.991. The molecule has 140 valence electrons. The molecule has 0 amide bonds. The fourth-order valence-electron chi connectivity index (χ4n) is 2.57. The highest BCUT2D eigenvalue weighted by molar-refractivity contribution is 5.56. The average molecular weight is 372 g/mol. The maximum Gasteiger partial charge on any atom is 0.416 e. The molecule has 3 rings (SSSR count). The molecule has 2 aromatic carbocycles. The Labute approximate surface area is 155 Å². The van der Waals surface area contributed by atoms with Gasteiger partial charge < -0.3 is 10.6 Å². The van der Waals surface area contributed by atoms with Gasteiger partial charge in [-0.3, -0.25) is 0 Å². The van der Waals surface area contributed by atoms with Gasteiger partial charge in [-0.2, -0.15) is 18.2 Å². The summed E-state index contributed by atoms with van der Waals surface area (Å²) >= 11 is 0. The molecule has 0 saturated heterocycles. The van der Waals surface area contributed by atoms with Crippen molar-refractivity contribution in [3.63, 3.8) is 0 Å². The maximum atomic E-state index is 12.6. The Kier molecular flexibility index (Phi) is 5.59. The average Bonchev–Trinajstić information content (AvgIpc) is 2.62. The second-order valence-corrected chi connectivity index (χ2v) is 6.08. The number of hydrogen-bond donors (Lipinski definition) is 2. The summed E-state index contributed by atoms with van der Waals surface area (Å²) < 4.78 is 37.9. The van der Waals surface area contributed by atoms with Crippen LogP contribution < -0.4 is 10.6 Å². The number of rotatable bonds is 6. The van der Waals surface area contributed by atoms with Crippen molar-refractivity contribution in [2.24, 2.45) is 0 Å². The Morgan fingerprint density at radius 2 is 1.63 bits per heavy atom. The lowest BCUT2D eigenvalue weighted by Gasteiger charge is -2.11. The van der Waals surface area contributed by atoms with Crippen LogP contribution in [0.1, 0.15) is 16.8 Å². The minimum absolute atomic E-state index is 0.331. The Bertz CT molecular complexity index is 878. The molecule has 2 N–H and O–H groups in total. The molecule has 0 aliphatic heterocycles. The summed E-state index contributed by atoms with van der Waals surface area (Å²) in [6.45, 7) is 2.54. The predicted octanol–water partition coefficient (Wildman–Crippen LogP) is 5.20. The van der Waals surface area contributed by atoms with Crippen molar-refractivity contribution in [2.45, 2.75) is 19.5 Å². The SMILES string of the molecule is Cc1cc(NCCc2ccccc2)nc(Nc2ccc(C(F)(F)F)cc2)n1. The first kappa shape index (κ1) is 18.7. The first-order valence-corrected chi connectivity index (χ1v) is 8.48.